The Balaban J connectivity index is 4.34. The number of carbonyl (C=O) groups excluding carboxylic acids is 3. The number of rotatable bonds is 53. The maximum atomic E-state index is 12.9. The van der Waals surface area contributed by atoms with E-state index < -0.39 is 6.10 Å². The predicted molar refractivity (Wildman–Crippen MR) is 293 cm³/mol. The van der Waals surface area contributed by atoms with Gasteiger partial charge in [0.25, 0.3) is 0 Å². The molecule has 0 bridgehead atoms. The van der Waals surface area contributed by atoms with Crippen molar-refractivity contribution in [3.05, 3.63) is 60.8 Å². The van der Waals surface area contributed by atoms with Crippen LogP contribution in [0.5, 0.6) is 0 Å². The molecule has 394 valence electrons. The quantitative estimate of drug-likeness (QED) is 0.0199. The van der Waals surface area contributed by atoms with Gasteiger partial charge in [0, 0.05) is 19.3 Å². The summed E-state index contributed by atoms with van der Waals surface area (Å²) in [6, 6.07) is 0. The van der Waals surface area contributed by atoms with Gasteiger partial charge in [0.1, 0.15) is 13.2 Å². The summed E-state index contributed by atoms with van der Waals surface area (Å²) < 4.78 is 16.9. The first-order valence-electron chi connectivity index (χ1n) is 29.3. The highest BCUT2D eigenvalue weighted by atomic mass is 16.6. The van der Waals surface area contributed by atoms with Crippen LogP contribution in [0.25, 0.3) is 0 Å². The standard InChI is InChI=1S/C62H110O6/c1-4-7-10-13-16-19-22-25-27-29-31-33-35-37-40-43-46-49-52-55-61(64)67-58-59(57-66-60(63)54-51-48-45-42-39-24-21-18-15-12-9-6-3)68-62(65)56-53-50-47-44-41-38-36-34-32-30-28-26-23-20-17-14-11-8-5-2/h9,12,16,18-19,21-22,25,30,32,59H,4-8,10-11,13-15,17,20,23-24,26-29,31,33-58H2,1-3H3/b12-9-,19-16-,21-18-,25-22-,32-30-. The van der Waals surface area contributed by atoms with Gasteiger partial charge in [-0.25, -0.2) is 0 Å². The molecule has 0 amide bonds. The fraction of sp³-hybridized carbons (Fsp3) is 0.790. The van der Waals surface area contributed by atoms with Crippen molar-refractivity contribution in [3.63, 3.8) is 0 Å². The van der Waals surface area contributed by atoms with Crippen LogP contribution in [0.2, 0.25) is 0 Å². The van der Waals surface area contributed by atoms with Crippen LogP contribution >= 0.6 is 0 Å². The van der Waals surface area contributed by atoms with Crippen molar-refractivity contribution in [2.75, 3.05) is 13.2 Å². The summed E-state index contributed by atoms with van der Waals surface area (Å²) in [4.78, 5) is 38.1. The van der Waals surface area contributed by atoms with E-state index in [-0.39, 0.29) is 31.1 Å². The maximum Gasteiger partial charge on any atom is 0.306 e. The van der Waals surface area contributed by atoms with Gasteiger partial charge in [-0.3, -0.25) is 14.4 Å². The minimum absolute atomic E-state index is 0.0813. The van der Waals surface area contributed by atoms with Crippen LogP contribution in [0, 0.1) is 0 Å². The van der Waals surface area contributed by atoms with Gasteiger partial charge in [0.05, 0.1) is 0 Å². The zero-order valence-corrected chi connectivity index (χ0v) is 45.1. The molecule has 0 saturated carbocycles. The Morgan fingerprint density at radius 2 is 0.618 bits per heavy atom. The van der Waals surface area contributed by atoms with Gasteiger partial charge >= 0.3 is 17.9 Å². The molecule has 0 N–H and O–H groups in total. The average Bonchev–Trinajstić information content (AvgIpc) is 3.34. The topological polar surface area (TPSA) is 78.9 Å². The van der Waals surface area contributed by atoms with Gasteiger partial charge in [0.15, 0.2) is 6.10 Å². The normalized spacial score (nSPS) is 12.5. The molecule has 0 aromatic carbocycles. The third-order valence-corrected chi connectivity index (χ3v) is 12.8. The smallest absolute Gasteiger partial charge is 0.306 e. The van der Waals surface area contributed by atoms with Gasteiger partial charge in [-0.2, -0.15) is 0 Å². The second-order valence-electron chi connectivity index (χ2n) is 19.5. The summed E-state index contributed by atoms with van der Waals surface area (Å²) in [5, 5.41) is 0. The first-order chi connectivity index (χ1) is 33.5. The average molecular weight is 952 g/mol. The van der Waals surface area contributed by atoms with Crippen molar-refractivity contribution in [2.45, 2.75) is 303 Å². The Kier molecular flexibility index (Phi) is 54.3. The van der Waals surface area contributed by atoms with Crippen LogP contribution in [0.4, 0.5) is 0 Å². The lowest BCUT2D eigenvalue weighted by molar-refractivity contribution is -0.167. The Bertz CT molecular complexity index is 1230. The monoisotopic (exact) mass is 951 g/mol. The molecule has 0 aliphatic heterocycles. The molecule has 0 rings (SSSR count). The number of carbonyl (C=O) groups is 3. The molecular formula is C62H110O6. The number of ether oxygens (including phenoxy) is 3. The zero-order valence-electron chi connectivity index (χ0n) is 45.1. The minimum Gasteiger partial charge on any atom is -0.462 e. The molecule has 0 radical (unpaired) electrons. The fourth-order valence-corrected chi connectivity index (χ4v) is 8.35. The minimum atomic E-state index is -0.783. The number of esters is 3. The first-order valence-corrected chi connectivity index (χ1v) is 29.3. The second-order valence-corrected chi connectivity index (χ2v) is 19.5. The Morgan fingerprint density at radius 3 is 1.01 bits per heavy atom. The van der Waals surface area contributed by atoms with Gasteiger partial charge < -0.3 is 14.2 Å². The summed E-state index contributed by atoms with van der Waals surface area (Å²) in [5.74, 6) is -0.893. The van der Waals surface area contributed by atoms with Crippen molar-refractivity contribution in [3.8, 4) is 0 Å². The molecule has 0 aromatic rings. The second kappa shape index (κ2) is 56.7. The molecule has 0 heterocycles. The highest BCUT2D eigenvalue weighted by molar-refractivity contribution is 5.71. The summed E-state index contributed by atoms with van der Waals surface area (Å²) in [7, 11) is 0. The van der Waals surface area contributed by atoms with Gasteiger partial charge in [-0.15, -0.1) is 0 Å². The van der Waals surface area contributed by atoms with E-state index in [1.807, 2.05) is 0 Å². The largest absolute Gasteiger partial charge is 0.462 e. The van der Waals surface area contributed by atoms with Crippen molar-refractivity contribution >= 4 is 17.9 Å². The molecule has 6 heteroatoms. The van der Waals surface area contributed by atoms with Crippen LogP contribution in [0.1, 0.15) is 297 Å². The zero-order chi connectivity index (χ0) is 49.3. The highest BCUT2D eigenvalue weighted by Crippen LogP contribution is 2.16. The van der Waals surface area contributed by atoms with E-state index in [4.69, 9.17) is 14.2 Å². The SMILES string of the molecule is CC/C=C\C/C=C\CCCCCCCC(=O)OCC(COC(=O)CCCCCCCCCCCC/C=C\C=C/CCCCC)OC(=O)CCCCCCCCC/C=C\CCCCCCCCCC. The Labute approximate surface area is 421 Å². The van der Waals surface area contributed by atoms with E-state index in [2.05, 4.69) is 81.5 Å². The molecule has 0 saturated heterocycles. The molecule has 0 aliphatic carbocycles. The lowest BCUT2D eigenvalue weighted by Crippen LogP contribution is -2.30. The molecule has 1 atom stereocenters. The number of hydrogen-bond acceptors (Lipinski definition) is 6. The Hall–Kier alpha value is -2.89. The van der Waals surface area contributed by atoms with Crippen LogP contribution in [0.3, 0.4) is 0 Å². The summed E-state index contributed by atoms with van der Waals surface area (Å²) >= 11 is 0. The molecule has 0 aliphatic rings. The van der Waals surface area contributed by atoms with Crippen LogP contribution in [-0.4, -0.2) is 37.2 Å². The molecule has 1 unspecified atom stereocenters. The molecule has 0 spiro atoms. The van der Waals surface area contributed by atoms with E-state index >= 15 is 0 Å². The lowest BCUT2D eigenvalue weighted by Gasteiger charge is -2.18. The molecule has 0 aromatic heterocycles. The summed E-state index contributed by atoms with van der Waals surface area (Å²) in [6.45, 7) is 6.51. The maximum absolute atomic E-state index is 12.9. The molecule has 6 nitrogen and oxygen atoms in total. The number of hydrogen-bond donors (Lipinski definition) is 0. The number of unbranched alkanes of at least 4 members (excludes halogenated alkanes) is 33. The van der Waals surface area contributed by atoms with Crippen molar-refractivity contribution < 1.29 is 28.6 Å². The summed E-state index contributed by atoms with van der Waals surface area (Å²) in [5.41, 5.74) is 0. The van der Waals surface area contributed by atoms with E-state index in [0.717, 1.165) is 83.5 Å². The van der Waals surface area contributed by atoms with Crippen molar-refractivity contribution in [1.82, 2.24) is 0 Å². The van der Waals surface area contributed by atoms with Crippen molar-refractivity contribution in [1.29, 1.82) is 0 Å². The van der Waals surface area contributed by atoms with Crippen molar-refractivity contribution in [2.24, 2.45) is 0 Å². The van der Waals surface area contributed by atoms with E-state index in [1.54, 1.807) is 0 Å². The molecule has 0 fully saturated rings. The fourth-order valence-electron chi connectivity index (χ4n) is 8.35. The lowest BCUT2D eigenvalue weighted by atomic mass is 10.1. The predicted octanol–water partition coefficient (Wildman–Crippen LogP) is 19.6. The van der Waals surface area contributed by atoms with E-state index in [0.29, 0.717) is 19.3 Å². The summed E-state index contributed by atoms with van der Waals surface area (Å²) in [6.07, 6.45) is 70.7. The van der Waals surface area contributed by atoms with Crippen LogP contribution in [0.15, 0.2) is 60.8 Å². The van der Waals surface area contributed by atoms with Gasteiger partial charge in [-0.05, 0) is 96.3 Å². The van der Waals surface area contributed by atoms with Crippen LogP contribution < -0.4 is 0 Å². The van der Waals surface area contributed by atoms with E-state index in [9.17, 15) is 14.4 Å². The van der Waals surface area contributed by atoms with Gasteiger partial charge in [0.2, 0.25) is 0 Å². The van der Waals surface area contributed by atoms with Crippen LogP contribution in [-0.2, 0) is 28.6 Å². The molecular weight excluding hydrogens is 841 g/mol. The van der Waals surface area contributed by atoms with E-state index in [1.165, 1.54) is 173 Å². The Morgan fingerprint density at radius 1 is 0.324 bits per heavy atom. The van der Waals surface area contributed by atoms with Gasteiger partial charge in [-0.1, -0.05) is 242 Å². The third kappa shape index (κ3) is 54.1. The number of allylic oxidation sites excluding steroid dienone is 10. The third-order valence-electron chi connectivity index (χ3n) is 12.8. The highest BCUT2D eigenvalue weighted by Gasteiger charge is 2.19. The first kappa shape index (κ1) is 65.1. The molecule has 68 heavy (non-hydrogen) atoms.